The number of carbonyl (C=O) groups excluding carboxylic acids is 2. The first-order chi connectivity index (χ1) is 11.9. The lowest BCUT2D eigenvalue weighted by atomic mass is 9.92. The van der Waals surface area contributed by atoms with Gasteiger partial charge in [0.25, 0.3) is 0 Å². The van der Waals surface area contributed by atoms with Gasteiger partial charge in [0.05, 0.1) is 0 Å². The van der Waals surface area contributed by atoms with Crippen LogP contribution in [0.3, 0.4) is 0 Å². The Labute approximate surface area is 149 Å². The van der Waals surface area contributed by atoms with Crippen molar-refractivity contribution in [3.63, 3.8) is 0 Å². The number of fused-ring (bicyclic) bond motifs is 2. The Kier molecular flexibility index (Phi) is 6.50. The normalized spacial score (nSPS) is 13.8. The second-order valence-corrected chi connectivity index (χ2v) is 6.53. The van der Waals surface area contributed by atoms with Crippen LogP contribution in [0.4, 0.5) is 0 Å². The fourth-order valence-corrected chi connectivity index (χ4v) is 2.82. The van der Waals surface area contributed by atoms with Gasteiger partial charge >= 0.3 is 5.97 Å². The average molecular weight is 357 g/mol. The maximum absolute atomic E-state index is 11.7. The number of carbonyl (C=O) groups is 3. The zero-order valence-corrected chi connectivity index (χ0v) is 14.6. The molecule has 2 aromatic rings. The van der Waals surface area contributed by atoms with Crippen molar-refractivity contribution in [3.05, 3.63) is 53.6 Å². The highest BCUT2D eigenvalue weighted by atomic mass is 32.2. The third-order valence-corrected chi connectivity index (χ3v) is 4.39. The second kappa shape index (κ2) is 8.60. The van der Waals surface area contributed by atoms with Crippen molar-refractivity contribution in [2.45, 2.75) is 12.5 Å². The summed E-state index contributed by atoms with van der Waals surface area (Å²) in [5.41, 5.74) is 6.52. The highest BCUT2D eigenvalue weighted by molar-refractivity contribution is 7.98. The zero-order valence-electron chi connectivity index (χ0n) is 13.8. The first-order valence-corrected chi connectivity index (χ1v) is 9.10. The Morgan fingerprint density at radius 3 is 2.40 bits per heavy atom. The number of ketones is 2. The molecule has 0 bridgehead atoms. The van der Waals surface area contributed by atoms with E-state index in [-0.39, 0.29) is 0 Å². The van der Waals surface area contributed by atoms with Gasteiger partial charge < -0.3 is 10.8 Å². The number of hydrogen-bond donors (Lipinski definition) is 2. The summed E-state index contributed by atoms with van der Waals surface area (Å²) in [4.78, 5) is 33.0. The lowest BCUT2D eigenvalue weighted by molar-refractivity contribution is -0.138. The van der Waals surface area contributed by atoms with E-state index in [9.17, 15) is 14.4 Å². The fourth-order valence-electron chi connectivity index (χ4n) is 2.33. The maximum atomic E-state index is 11.7. The van der Waals surface area contributed by atoms with Gasteiger partial charge in [0.15, 0.2) is 0 Å². The Balaban J connectivity index is 0.000000217. The van der Waals surface area contributed by atoms with E-state index in [4.69, 9.17) is 10.8 Å². The predicted molar refractivity (Wildman–Crippen MR) is 101 cm³/mol. The number of nitrogens with two attached hydrogens (primary N) is 1. The summed E-state index contributed by atoms with van der Waals surface area (Å²) in [6.07, 6.45) is 5.51. The zero-order chi connectivity index (χ0) is 18.4. The van der Waals surface area contributed by atoms with Crippen molar-refractivity contribution in [1.29, 1.82) is 0 Å². The van der Waals surface area contributed by atoms with Crippen LogP contribution in [-0.4, -0.2) is 40.7 Å². The number of aliphatic carboxylic acids is 1. The minimum Gasteiger partial charge on any atom is -0.480 e. The monoisotopic (exact) mass is 357 g/mol. The molecule has 0 heterocycles. The van der Waals surface area contributed by atoms with Crippen molar-refractivity contribution in [2.24, 2.45) is 5.73 Å². The van der Waals surface area contributed by atoms with E-state index in [0.29, 0.717) is 12.0 Å². The van der Waals surface area contributed by atoms with Crippen molar-refractivity contribution < 1.29 is 19.5 Å². The molecular weight excluding hydrogens is 338 g/mol. The van der Waals surface area contributed by atoms with E-state index in [1.54, 1.807) is 23.9 Å². The van der Waals surface area contributed by atoms with E-state index < -0.39 is 23.6 Å². The summed E-state index contributed by atoms with van der Waals surface area (Å²) in [6.45, 7) is 0. The summed E-state index contributed by atoms with van der Waals surface area (Å²) < 4.78 is 0. The lowest BCUT2D eigenvalue weighted by Gasteiger charge is -2.09. The summed E-state index contributed by atoms with van der Waals surface area (Å²) in [7, 11) is 0. The molecule has 1 aliphatic rings. The number of benzene rings is 2. The van der Waals surface area contributed by atoms with Crippen LogP contribution in [0.2, 0.25) is 0 Å². The van der Waals surface area contributed by atoms with Gasteiger partial charge in [-0.05, 0) is 53.0 Å². The van der Waals surface area contributed by atoms with Gasteiger partial charge in [0.1, 0.15) is 6.04 Å². The van der Waals surface area contributed by atoms with E-state index >= 15 is 0 Å². The van der Waals surface area contributed by atoms with Gasteiger partial charge in [-0.1, -0.05) is 30.3 Å². The van der Waals surface area contributed by atoms with Crippen LogP contribution in [-0.2, 0) is 9.59 Å². The Morgan fingerprint density at radius 2 is 1.80 bits per heavy atom. The summed E-state index contributed by atoms with van der Waals surface area (Å²) in [5.74, 6) is -0.955. The van der Waals surface area contributed by atoms with Crippen LogP contribution in [0.5, 0.6) is 0 Å². The molecule has 130 valence electrons. The lowest BCUT2D eigenvalue weighted by Crippen LogP contribution is -2.30. The molecule has 2 aromatic carbocycles. The number of allylic oxidation sites excluding steroid dienone is 1. The quantitative estimate of drug-likeness (QED) is 0.817. The molecule has 0 aromatic heterocycles. The molecule has 5 nitrogen and oxygen atoms in total. The van der Waals surface area contributed by atoms with Gasteiger partial charge in [0, 0.05) is 5.56 Å². The van der Waals surface area contributed by atoms with Crippen LogP contribution in [0.1, 0.15) is 22.3 Å². The molecule has 0 saturated heterocycles. The second-order valence-electron chi connectivity index (χ2n) is 5.54. The summed E-state index contributed by atoms with van der Waals surface area (Å²) >= 11 is 1.60. The van der Waals surface area contributed by atoms with Crippen LogP contribution in [0, 0.1) is 0 Å². The molecule has 0 aliphatic heterocycles. The predicted octanol–water partition coefficient (Wildman–Crippen LogP) is 2.77. The van der Waals surface area contributed by atoms with Crippen LogP contribution >= 0.6 is 11.8 Å². The first kappa shape index (κ1) is 18.9. The maximum Gasteiger partial charge on any atom is 0.320 e. The topological polar surface area (TPSA) is 97.5 Å². The first-order valence-electron chi connectivity index (χ1n) is 7.71. The Bertz CT molecular complexity index is 844. The van der Waals surface area contributed by atoms with Crippen molar-refractivity contribution in [3.8, 4) is 0 Å². The number of hydrogen-bond acceptors (Lipinski definition) is 5. The van der Waals surface area contributed by atoms with E-state index in [1.165, 1.54) is 6.08 Å². The van der Waals surface area contributed by atoms with Crippen LogP contribution in [0.15, 0.2) is 42.5 Å². The number of rotatable bonds is 4. The number of carboxylic acid groups (broad SMARTS) is 1. The van der Waals surface area contributed by atoms with Gasteiger partial charge in [-0.15, -0.1) is 0 Å². The third kappa shape index (κ3) is 4.78. The van der Waals surface area contributed by atoms with Gasteiger partial charge in [0.2, 0.25) is 11.6 Å². The van der Waals surface area contributed by atoms with Gasteiger partial charge in [-0.3, -0.25) is 14.4 Å². The molecule has 1 aliphatic carbocycles. The Morgan fingerprint density at radius 1 is 1.16 bits per heavy atom. The fraction of sp³-hybridized carbons (Fsp3) is 0.211. The number of thioether (sulfide) groups is 1. The molecule has 25 heavy (non-hydrogen) atoms. The molecule has 0 radical (unpaired) electrons. The van der Waals surface area contributed by atoms with Gasteiger partial charge in [-0.25, -0.2) is 0 Å². The van der Waals surface area contributed by atoms with Crippen molar-refractivity contribution >= 4 is 46.1 Å². The molecule has 0 amide bonds. The number of carboxylic acids is 1. The van der Waals surface area contributed by atoms with Crippen molar-refractivity contribution in [2.75, 3.05) is 12.0 Å². The Hall–Kier alpha value is -2.44. The molecule has 3 N–H and O–H groups in total. The molecule has 0 saturated carbocycles. The molecule has 1 atom stereocenters. The van der Waals surface area contributed by atoms with E-state index in [1.807, 2.05) is 36.6 Å². The molecule has 0 spiro atoms. The highest BCUT2D eigenvalue weighted by Gasteiger charge is 2.20. The highest BCUT2D eigenvalue weighted by Crippen LogP contribution is 2.24. The van der Waals surface area contributed by atoms with E-state index in [2.05, 4.69) is 0 Å². The minimum absolute atomic E-state index is 0.414. The minimum atomic E-state index is -0.913. The standard InChI is InChI=1S/C14H8O2.C5H11NO2S/c15-13-6-5-11-7-9-3-1-2-4-10(9)8-12(11)14(13)16;1-9-3-2-4(6)5(7)8/h1-8H;4H,2-3,6H2,1H3,(H,7,8)/t;4-/m.0/s1. The van der Waals surface area contributed by atoms with Crippen LogP contribution < -0.4 is 5.73 Å². The van der Waals surface area contributed by atoms with Gasteiger partial charge in [-0.2, -0.15) is 11.8 Å². The van der Waals surface area contributed by atoms with Crippen LogP contribution in [0.25, 0.3) is 16.8 Å². The summed E-state index contributed by atoms with van der Waals surface area (Å²) in [5, 5.41) is 10.3. The molecule has 0 unspecified atom stereocenters. The van der Waals surface area contributed by atoms with E-state index in [0.717, 1.165) is 22.1 Å². The summed E-state index contributed by atoms with van der Waals surface area (Å²) in [6, 6.07) is 10.8. The molecular formula is C19H19NO4S. The number of Topliss-reactive ketones (excluding diaryl/α,β-unsaturated/α-hetero) is 1. The third-order valence-electron chi connectivity index (χ3n) is 3.75. The average Bonchev–Trinajstić information content (AvgIpc) is 2.62. The SMILES string of the molecule is CSCC[C@H](N)C(=O)O.O=C1C=Cc2cc3ccccc3cc2C1=O. The molecule has 6 heteroatoms. The smallest absolute Gasteiger partial charge is 0.320 e. The largest absolute Gasteiger partial charge is 0.480 e. The molecule has 0 fully saturated rings. The van der Waals surface area contributed by atoms with Crippen molar-refractivity contribution in [1.82, 2.24) is 0 Å². The molecule has 3 rings (SSSR count).